The van der Waals surface area contributed by atoms with Crippen molar-refractivity contribution >= 4 is 22.6 Å². The van der Waals surface area contributed by atoms with E-state index in [-0.39, 0.29) is 0 Å². The minimum absolute atomic E-state index is 0.800. The van der Waals surface area contributed by atoms with Crippen LogP contribution >= 0.6 is 22.6 Å². The monoisotopic (exact) mass is 215 g/mol. The van der Waals surface area contributed by atoms with Crippen molar-refractivity contribution in [1.82, 2.24) is 5.48 Å². The summed E-state index contributed by atoms with van der Waals surface area (Å²) in [4.78, 5) is 4.87. The molecule has 0 heterocycles. The van der Waals surface area contributed by atoms with Gasteiger partial charge in [0, 0.05) is 11.0 Å². The third kappa shape index (κ3) is 6.65. The maximum Gasteiger partial charge on any atom is 0.0771 e. The van der Waals surface area contributed by atoms with Crippen LogP contribution in [0.4, 0.5) is 0 Å². The van der Waals surface area contributed by atoms with E-state index < -0.39 is 0 Å². The summed E-state index contributed by atoms with van der Waals surface area (Å²) in [5, 5.41) is 0. The molecule has 44 valence electrons. The molecule has 0 rings (SSSR count). The van der Waals surface area contributed by atoms with E-state index in [4.69, 9.17) is 4.84 Å². The molecule has 1 N–H and O–H groups in total. The van der Waals surface area contributed by atoms with Gasteiger partial charge >= 0.3 is 0 Å². The molecular formula is C4H10INO. The number of hydrogen-bond acceptors (Lipinski definition) is 2. The molecule has 0 saturated carbocycles. The molecule has 0 unspecified atom stereocenters. The van der Waals surface area contributed by atoms with E-state index in [1.807, 2.05) is 6.92 Å². The van der Waals surface area contributed by atoms with Crippen molar-refractivity contribution in [3.05, 3.63) is 0 Å². The normalized spacial score (nSPS) is 9.43. The molecule has 0 aromatic rings. The Morgan fingerprint density at radius 3 is 2.86 bits per heavy atom. The molecule has 0 aliphatic heterocycles. The Kier molecular flexibility index (Phi) is 7.27. The fraction of sp³-hybridized carbons (Fsp3) is 1.00. The number of nitrogens with one attached hydrogen (secondary N) is 1. The third-order valence-electron chi connectivity index (χ3n) is 0.426. The molecule has 0 aliphatic rings. The molecule has 7 heavy (non-hydrogen) atoms. The smallest absolute Gasteiger partial charge is 0.0771 e. The van der Waals surface area contributed by atoms with Crippen molar-refractivity contribution in [2.24, 2.45) is 0 Å². The first-order chi connectivity index (χ1) is 3.41. The van der Waals surface area contributed by atoms with Gasteiger partial charge < -0.3 is 4.84 Å². The summed E-state index contributed by atoms with van der Waals surface area (Å²) in [6.07, 6.45) is 0. The molecule has 0 aliphatic carbocycles. The highest BCUT2D eigenvalue weighted by Crippen LogP contribution is 1.77. The van der Waals surface area contributed by atoms with Crippen LogP contribution in [-0.4, -0.2) is 17.6 Å². The van der Waals surface area contributed by atoms with Gasteiger partial charge in [-0.15, -0.1) is 0 Å². The van der Waals surface area contributed by atoms with Gasteiger partial charge in [0.15, 0.2) is 0 Å². The van der Waals surface area contributed by atoms with Gasteiger partial charge in [0.25, 0.3) is 0 Å². The van der Waals surface area contributed by atoms with E-state index in [1.54, 1.807) is 0 Å². The van der Waals surface area contributed by atoms with Crippen LogP contribution in [0.15, 0.2) is 0 Å². The van der Waals surface area contributed by atoms with Crippen LogP contribution in [0, 0.1) is 0 Å². The van der Waals surface area contributed by atoms with Crippen molar-refractivity contribution in [3.63, 3.8) is 0 Å². The zero-order valence-electron chi connectivity index (χ0n) is 4.41. The summed E-state index contributed by atoms with van der Waals surface area (Å²) in [5.41, 5.74) is 2.74. The molecule has 0 aromatic carbocycles. The number of hydrogen-bond donors (Lipinski definition) is 1. The largest absolute Gasteiger partial charge is 0.301 e. The summed E-state index contributed by atoms with van der Waals surface area (Å²) in [5.74, 6) is 0. The van der Waals surface area contributed by atoms with Gasteiger partial charge in [-0.3, -0.25) is 0 Å². The highest BCUT2D eigenvalue weighted by Gasteiger charge is 1.77. The maximum absolute atomic E-state index is 4.87. The third-order valence-corrected chi connectivity index (χ3v) is 0.866. The van der Waals surface area contributed by atoms with Crippen molar-refractivity contribution in [1.29, 1.82) is 0 Å². The van der Waals surface area contributed by atoms with Gasteiger partial charge in [0.2, 0.25) is 0 Å². The molecule has 0 amide bonds. The molecular weight excluding hydrogens is 205 g/mol. The fourth-order valence-corrected chi connectivity index (χ4v) is 0.433. The Bertz CT molecular complexity index is 30.9. The van der Waals surface area contributed by atoms with Crippen LogP contribution in [0.2, 0.25) is 0 Å². The molecule has 0 aromatic heterocycles. The highest BCUT2D eigenvalue weighted by atomic mass is 127. The summed E-state index contributed by atoms with van der Waals surface area (Å²) in [7, 11) is 0. The second kappa shape index (κ2) is 6.65. The van der Waals surface area contributed by atoms with Crippen LogP contribution in [0.5, 0.6) is 0 Å². The lowest BCUT2D eigenvalue weighted by atomic mass is 10.8. The lowest BCUT2D eigenvalue weighted by molar-refractivity contribution is 0.0578. The van der Waals surface area contributed by atoms with Gasteiger partial charge in [-0.25, -0.2) is 5.48 Å². The average molecular weight is 215 g/mol. The summed E-state index contributed by atoms with van der Waals surface area (Å²) in [6.45, 7) is 3.69. The molecule has 0 spiro atoms. The SMILES string of the molecule is CCNOCCI. The lowest BCUT2D eigenvalue weighted by Crippen LogP contribution is -2.14. The van der Waals surface area contributed by atoms with Crippen LogP contribution < -0.4 is 5.48 Å². The molecule has 2 nitrogen and oxygen atoms in total. The molecule has 0 fully saturated rings. The summed E-state index contributed by atoms with van der Waals surface area (Å²) < 4.78 is 1.05. The maximum atomic E-state index is 4.87. The minimum atomic E-state index is 0.800. The van der Waals surface area contributed by atoms with Crippen LogP contribution in [0.1, 0.15) is 6.92 Å². The van der Waals surface area contributed by atoms with Crippen molar-refractivity contribution in [3.8, 4) is 0 Å². The van der Waals surface area contributed by atoms with Gasteiger partial charge in [0.05, 0.1) is 6.61 Å². The second-order valence-corrected chi connectivity index (χ2v) is 2.11. The summed E-state index contributed by atoms with van der Waals surface area (Å²) in [6, 6.07) is 0. The van der Waals surface area contributed by atoms with E-state index in [0.29, 0.717) is 0 Å². The van der Waals surface area contributed by atoms with E-state index in [9.17, 15) is 0 Å². The topological polar surface area (TPSA) is 21.3 Å². The second-order valence-electron chi connectivity index (χ2n) is 1.04. The first-order valence-electron chi connectivity index (χ1n) is 2.32. The lowest BCUT2D eigenvalue weighted by Gasteiger charge is -1.96. The highest BCUT2D eigenvalue weighted by molar-refractivity contribution is 14.1. The Labute approximate surface area is 57.7 Å². The molecule has 3 heteroatoms. The van der Waals surface area contributed by atoms with Crippen LogP contribution in [0.3, 0.4) is 0 Å². The zero-order valence-corrected chi connectivity index (χ0v) is 6.57. The quantitative estimate of drug-likeness (QED) is 0.326. The van der Waals surface area contributed by atoms with Gasteiger partial charge in [-0.05, 0) is 0 Å². The van der Waals surface area contributed by atoms with E-state index in [2.05, 4.69) is 28.1 Å². The molecule has 0 saturated heterocycles. The Balaban J connectivity index is 2.45. The van der Waals surface area contributed by atoms with Crippen LogP contribution in [-0.2, 0) is 4.84 Å². The van der Waals surface area contributed by atoms with Crippen molar-refractivity contribution in [2.75, 3.05) is 17.6 Å². The number of rotatable bonds is 4. The summed E-state index contributed by atoms with van der Waals surface area (Å²) >= 11 is 2.26. The Morgan fingerprint density at radius 2 is 2.43 bits per heavy atom. The van der Waals surface area contributed by atoms with E-state index in [0.717, 1.165) is 17.6 Å². The van der Waals surface area contributed by atoms with Gasteiger partial charge in [0.1, 0.15) is 0 Å². The average Bonchev–Trinajstić information content (AvgIpc) is 1.69. The Morgan fingerprint density at radius 1 is 1.71 bits per heavy atom. The van der Waals surface area contributed by atoms with Crippen LogP contribution in [0.25, 0.3) is 0 Å². The van der Waals surface area contributed by atoms with Crippen molar-refractivity contribution in [2.45, 2.75) is 6.92 Å². The predicted molar refractivity (Wildman–Crippen MR) is 38.5 cm³/mol. The first kappa shape index (κ1) is 7.65. The number of alkyl halides is 1. The number of halogens is 1. The fourth-order valence-electron chi connectivity index (χ4n) is 0.213. The standard InChI is InChI=1S/C4H10INO/c1-2-6-7-4-3-5/h6H,2-4H2,1H3. The van der Waals surface area contributed by atoms with Gasteiger partial charge in [-0.1, -0.05) is 29.5 Å². The minimum Gasteiger partial charge on any atom is -0.301 e. The van der Waals surface area contributed by atoms with Gasteiger partial charge in [-0.2, -0.15) is 0 Å². The Hall–Kier alpha value is 0.650. The van der Waals surface area contributed by atoms with E-state index in [1.165, 1.54) is 0 Å². The van der Waals surface area contributed by atoms with E-state index >= 15 is 0 Å². The molecule has 0 bridgehead atoms. The first-order valence-corrected chi connectivity index (χ1v) is 3.85. The number of hydroxylamine groups is 1. The molecule has 0 atom stereocenters. The predicted octanol–water partition coefficient (Wildman–Crippen LogP) is 0.963. The van der Waals surface area contributed by atoms with Crippen molar-refractivity contribution < 1.29 is 4.84 Å². The zero-order chi connectivity index (χ0) is 5.54. The molecule has 0 radical (unpaired) electrons.